The first-order valence-corrected chi connectivity index (χ1v) is 14.9. The largest absolute Gasteiger partial charge is 0.497 e. The molecule has 3 aromatic carbocycles. The summed E-state index contributed by atoms with van der Waals surface area (Å²) in [6.07, 6.45) is 0. The molecular weight excluding hydrogens is 573 g/mol. The van der Waals surface area contributed by atoms with Crippen LogP contribution in [0.1, 0.15) is 26.3 Å². The molecule has 1 unspecified atom stereocenters. The molecule has 40 heavy (non-hydrogen) atoms. The maximum atomic E-state index is 14.0. The van der Waals surface area contributed by atoms with Gasteiger partial charge in [-0.2, -0.15) is 0 Å². The van der Waals surface area contributed by atoms with Gasteiger partial charge >= 0.3 is 0 Å². The highest BCUT2D eigenvalue weighted by Gasteiger charge is 2.33. The minimum Gasteiger partial charge on any atom is -0.497 e. The lowest BCUT2D eigenvalue weighted by atomic mass is 10.1. The maximum Gasteiger partial charge on any atom is 0.264 e. The van der Waals surface area contributed by atoms with Gasteiger partial charge in [0.25, 0.3) is 10.0 Å². The predicted molar refractivity (Wildman–Crippen MR) is 158 cm³/mol. The summed E-state index contributed by atoms with van der Waals surface area (Å²) in [5, 5.41) is 3.20. The molecule has 11 heteroatoms. The fourth-order valence-electron chi connectivity index (χ4n) is 3.87. The second-order valence-corrected chi connectivity index (χ2v) is 12.3. The monoisotopic (exact) mass is 605 g/mol. The highest BCUT2D eigenvalue weighted by Crippen LogP contribution is 2.33. The first-order chi connectivity index (χ1) is 18.9. The van der Waals surface area contributed by atoms with Gasteiger partial charge in [0.2, 0.25) is 11.8 Å². The van der Waals surface area contributed by atoms with Crippen LogP contribution in [0.25, 0.3) is 0 Å². The third-order valence-electron chi connectivity index (χ3n) is 6.15. The van der Waals surface area contributed by atoms with Crippen molar-refractivity contribution in [2.24, 2.45) is 5.92 Å². The van der Waals surface area contributed by atoms with Gasteiger partial charge in [-0.3, -0.25) is 13.9 Å². The van der Waals surface area contributed by atoms with Crippen molar-refractivity contribution in [1.29, 1.82) is 0 Å². The minimum atomic E-state index is -4.25. The van der Waals surface area contributed by atoms with Crippen molar-refractivity contribution < 1.29 is 22.7 Å². The number of amides is 2. The van der Waals surface area contributed by atoms with Gasteiger partial charge in [-0.05, 0) is 60.9 Å². The van der Waals surface area contributed by atoms with E-state index < -0.39 is 28.5 Å². The number of hydrogen-bond donors (Lipinski definition) is 1. The van der Waals surface area contributed by atoms with Crippen LogP contribution >= 0.6 is 23.2 Å². The van der Waals surface area contributed by atoms with E-state index in [2.05, 4.69) is 5.32 Å². The molecule has 0 saturated carbocycles. The number of hydrogen-bond acceptors (Lipinski definition) is 5. The number of sulfonamides is 1. The van der Waals surface area contributed by atoms with Crippen LogP contribution in [-0.4, -0.2) is 51.4 Å². The average molecular weight is 607 g/mol. The molecule has 0 fully saturated rings. The Morgan fingerprint density at radius 2 is 1.60 bits per heavy atom. The SMILES string of the molecule is COc1ccc(CN(C(=O)CN(c2cc(Cl)ccc2Cl)S(=O)(=O)c2ccccc2)C(C)C(=O)NCC(C)C)cc1. The molecule has 0 aliphatic rings. The molecule has 0 saturated heterocycles. The van der Waals surface area contributed by atoms with Gasteiger partial charge in [0, 0.05) is 18.1 Å². The van der Waals surface area contributed by atoms with E-state index in [0.717, 1.165) is 9.87 Å². The van der Waals surface area contributed by atoms with Crippen LogP contribution in [0.2, 0.25) is 10.0 Å². The zero-order valence-electron chi connectivity index (χ0n) is 22.8. The van der Waals surface area contributed by atoms with Crippen LogP contribution in [0.15, 0.2) is 77.7 Å². The number of nitrogens with one attached hydrogen (secondary N) is 1. The maximum absolute atomic E-state index is 14.0. The van der Waals surface area contributed by atoms with Crippen molar-refractivity contribution in [2.45, 2.75) is 38.3 Å². The van der Waals surface area contributed by atoms with Crippen LogP contribution in [0.3, 0.4) is 0 Å². The van der Waals surface area contributed by atoms with Crippen LogP contribution in [0.4, 0.5) is 5.69 Å². The third kappa shape index (κ3) is 7.90. The Hall–Kier alpha value is -3.27. The summed E-state index contributed by atoms with van der Waals surface area (Å²) in [6.45, 7) is 5.41. The molecule has 2 amide bonds. The molecule has 0 radical (unpaired) electrons. The van der Waals surface area contributed by atoms with Gasteiger partial charge in [-0.1, -0.05) is 67.4 Å². The number of benzene rings is 3. The van der Waals surface area contributed by atoms with Crippen molar-refractivity contribution in [2.75, 3.05) is 24.5 Å². The molecular formula is C29H33Cl2N3O5S. The molecule has 0 aromatic heterocycles. The van der Waals surface area contributed by atoms with Crippen molar-refractivity contribution >= 4 is 50.7 Å². The van der Waals surface area contributed by atoms with Crippen molar-refractivity contribution in [1.82, 2.24) is 10.2 Å². The Morgan fingerprint density at radius 3 is 2.20 bits per heavy atom. The summed E-state index contributed by atoms with van der Waals surface area (Å²) in [5.41, 5.74) is 0.781. The van der Waals surface area contributed by atoms with E-state index in [4.69, 9.17) is 27.9 Å². The quantitative estimate of drug-likeness (QED) is 0.299. The average Bonchev–Trinajstić information content (AvgIpc) is 2.94. The van der Waals surface area contributed by atoms with E-state index >= 15 is 0 Å². The molecule has 3 aromatic rings. The Bertz CT molecular complexity index is 1420. The van der Waals surface area contributed by atoms with E-state index in [1.165, 1.54) is 35.2 Å². The lowest BCUT2D eigenvalue weighted by Gasteiger charge is -2.32. The molecule has 0 heterocycles. The molecule has 3 rings (SSSR count). The number of rotatable bonds is 12. The van der Waals surface area contributed by atoms with Gasteiger partial charge < -0.3 is 15.0 Å². The summed E-state index contributed by atoms with van der Waals surface area (Å²) in [5.74, 6) is -0.106. The molecule has 0 aliphatic heterocycles. The normalized spacial score (nSPS) is 12.1. The predicted octanol–water partition coefficient (Wildman–Crippen LogP) is 5.39. The number of carbonyl (C=O) groups is 2. The van der Waals surface area contributed by atoms with Crippen molar-refractivity contribution in [3.8, 4) is 5.75 Å². The van der Waals surface area contributed by atoms with Gasteiger partial charge in [-0.25, -0.2) is 8.42 Å². The van der Waals surface area contributed by atoms with Crippen molar-refractivity contribution in [3.05, 3.63) is 88.4 Å². The first kappa shape index (κ1) is 31.3. The van der Waals surface area contributed by atoms with Crippen molar-refractivity contribution in [3.63, 3.8) is 0 Å². The lowest BCUT2D eigenvalue weighted by molar-refractivity contribution is -0.139. The Morgan fingerprint density at radius 1 is 0.950 bits per heavy atom. The molecule has 214 valence electrons. The van der Waals surface area contributed by atoms with Crippen LogP contribution in [0.5, 0.6) is 5.75 Å². The molecule has 1 atom stereocenters. The molecule has 1 N–H and O–H groups in total. The number of nitrogens with zero attached hydrogens (tertiary/aromatic N) is 2. The van der Waals surface area contributed by atoms with Crippen LogP contribution < -0.4 is 14.4 Å². The highest BCUT2D eigenvalue weighted by atomic mass is 35.5. The molecule has 0 aliphatic carbocycles. The standard InChI is InChI=1S/C29H33Cl2N3O5S/c1-20(2)17-32-29(36)21(3)33(18-22-10-13-24(39-4)14-11-22)28(35)19-34(27-16-23(30)12-15-26(27)31)40(37,38)25-8-6-5-7-9-25/h5-16,20-21H,17-19H2,1-4H3,(H,32,36). The fraction of sp³-hybridized carbons (Fsp3) is 0.310. The summed E-state index contributed by atoms with van der Waals surface area (Å²) < 4.78 is 33.8. The second-order valence-electron chi connectivity index (χ2n) is 9.61. The number of anilines is 1. The van der Waals surface area contributed by atoms with Gasteiger partial charge in [0.1, 0.15) is 18.3 Å². The highest BCUT2D eigenvalue weighted by molar-refractivity contribution is 7.92. The summed E-state index contributed by atoms with van der Waals surface area (Å²) in [6, 6.07) is 18.3. The fourth-order valence-corrected chi connectivity index (χ4v) is 5.75. The van der Waals surface area contributed by atoms with E-state index in [1.807, 2.05) is 13.8 Å². The number of halogens is 2. The van der Waals surface area contributed by atoms with Gasteiger partial charge in [-0.15, -0.1) is 0 Å². The van der Waals surface area contributed by atoms with Crippen LogP contribution in [0, 0.1) is 5.92 Å². The topological polar surface area (TPSA) is 96.0 Å². The summed E-state index contributed by atoms with van der Waals surface area (Å²) >= 11 is 12.6. The van der Waals surface area contributed by atoms with Gasteiger partial charge in [0.05, 0.1) is 22.7 Å². The third-order valence-corrected chi connectivity index (χ3v) is 8.48. The summed E-state index contributed by atoms with van der Waals surface area (Å²) in [4.78, 5) is 28.3. The lowest BCUT2D eigenvalue weighted by Crippen LogP contribution is -2.51. The number of ether oxygens (including phenoxy) is 1. The Labute approximate surface area is 245 Å². The smallest absolute Gasteiger partial charge is 0.264 e. The Kier molecular flexibility index (Phi) is 10.8. The van der Waals surface area contributed by atoms with E-state index in [-0.39, 0.29) is 39.0 Å². The van der Waals surface area contributed by atoms with E-state index in [1.54, 1.807) is 56.5 Å². The van der Waals surface area contributed by atoms with E-state index in [0.29, 0.717) is 12.3 Å². The van der Waals surface area contributed by atoms with E-state index in [9.17, 15) is 18.0 Å². The summed E-state index contributed by atoms with van der Waals surface area (Å²) in [7, 11) is -2.70. The number of methoxy groups -OCH3 is 1. The molecule has 8 nitrogen and oxygen atoms in total. The van der Waals surface area contributed by atoms with Gasteiger partial charge in [0.15, 0.2) is 0 Å². The first-order valence-electron chi connectivity index (χ1n) is 12.7. The molecule has 0 bridgehead atoms. The zero-order valence-corrected chi connectivity index (χ0v) is 25.1. The second kappa shape index (κ2) is 13.9. The van der Waals surface area contributed by atoms with Crippen LogP contribution in [-0.2, 0) is 26.2 Å². The number of carbonyl (C=O) groups excluding carboxylic acids is 2. The molecule has 0 spiro atoms. The minimum absolute atomic E-state index is 0.0247. The Balaban J connectivity index is 2.03. The zero-order chi connectivity index (χ0) is 29.4.